The van der Waals surface area contributed by atoms with E-state index in [1.165, 1.54) is 37.1 Å². The lowest BCUT2D eigenvalue weighted by molar-refractivity contribution is 0.324. The molecule has 9 heteroatoms. The second-order valence-corrected chi connectivity index (χ2v) is 7.22. The Morgan fingerprint density at radius 3 is 2.20 bits per heavy atom. The molecule has 154 valence electrons. The molecule has 0 aliphatic heterocycles. The summed E-state index contributed by atoms with van der Waals surface area (Å²) >= 11 is 1.26. The lowest BCUT2D eigenvalue weighted by Crippen LogP contribution is -2.23. The summed E-state index contributed by atoms with van der Waals surface area (Å²) in [5, 5.41) is 8.39. The number of benzene rings is 2. The first-order valence-electron chi connectivity index (χ1n) is 8.94. The van der Waals surface area contributed by atoms with E-state index in [-0.39, 0.29) is 5.56 Å². The van der Waals surface area contributed by atoms with Gasteiger partial charge in [-0.2, -0.15) is 0 Å². The lowest BCUT2D eigenvalue weighted by atomic mass is 10.1. The van der Waals surface area contributed by atoms with E-state index >= 15 is 0 Å². The van der Waals surface area contributed by atoms with Crippen LogP contribution in [0.15, 0.2) is 41.2 Å². The maximum absolute atomic E-state index is 13.2. The fourth-order valence-electron chi connectivity index (χ4n) is 3.19. The number of ether oxygens (including phenoxy) is 4. The Hall–Kier alpha value is -3.59. The van der Waals surface area contributed by atoms with Gasteiger partial charge in [-0.15, -0.1) is 10.2 Å². The van der Waals surface area contributed by atoms with Crippen LogP contribution >= 0.6 is 11.3 Å². The molecule has 0 aliphatic rings. The molecular formula is C21H19N3O5S. The summed E-state index contributed by atoms with van der Waals surface area (Å²) in [6, 6.07) is 11.0. The zero-order valence-electron chi connectivity index (χ0n) is 16.8. The molecule has 8 nitrogen and oxygen atoms in total. The SMILES string of the molecule is COc1ccccc1/C=c1/sc2nnc(-c3cc(OC)c(OC)c(OC)c3)n2c1=O. The molecule has 2 heterocycles. The van der Waals surface area contributed by atoms with Crippen LogP contribution in [0, 0.1) is 0 Å². The molecule has 0 bridgehead atoms. The van der Waals surface area contributed by atoms with Gasteiger partial charge in [-0.1, -0.05) is 29.5 Å². The highest BCUT2D eigenvalue weighted by atomic mass is 32.1. The average molecular weight is 425 g/mol. The number of nitrogens with zero attached hydrogens (tertiary/aromatic N) is 3. The summed E-state index contributed by atoms with van der Waals surface area (Å²) in [6.07, 6.45) is 1.79. The summed E-state index contributed by atoms with van der Waals surface area (Å²) in [5.74, 6) is 2.47. The van der Waals surface area contributed by atoms with Gasteiger partial charge < -0.3 is 18.9 Å². The third-order valence-electron chi connectivity index (χ3n) is 4.60. The van der Waals surface area contributed by atoms with Crippen LogP contribution in [0.1, 0.15) is 5.56 Å². The van der Waals surface area contributed by atoms with Crippen LogP contribution in [0.4, 0.5) is 0 Å². The van der Waals surface area contributed by atoms with Gasteiger partial charge in [0.15, 0.2) is 17.3 Å². The van der Waals surface area contributed by atoms with Crippen molar-refractivity contribution in [2.75, 3.05) is 28.4 Å². The zero-order valence-corrected chi connectivity index (χ0v) is 17.6. The maximum atomic E-state index is 13.2. The van der Waals surface area contributed by atoms with Gasteiger partial charge in [0, 0.05) is 11.1 Å². The first-order valence-corrected chi connectivity index (χ1v) is 9.76. The van der Waals surface area contributed by atoms with Crippen molar-refractivity contribution in [3.8, 4) is 34.4 Å². The smallest absolute Gasteiger partial charge is 0.276 e. The van der Waals surface area contributed by atoms with E-state index in [0.717, 1.165) is 5.56 Å². The Bertz CT molecular complexity index is 1300. The molecule has 0 aliphatic carbocycles. The van der Waals surface area contributed by atoms with Crippen molar-refractivity contribution >= 4 is 22.4 Å². The number of methoxy groups -OCH3 is 4. The van der Waals surface area contributed by atoms with E-state index in [4.69, 9.17) is 18.9 Å². The van der Waals surface area contributed by atoms with Crippen LogP contribution in [-0.2, 0) is 0 Å². The van der Waals surface area contributed by atoms with Gasteiger partial charge in [0.2, 0.25) is 10.7 Å². The van der Waals surface area contributed by atoms with Crippen molar-refractivity contribution in [1.29, 1.82) is 0 Å². The fourth-order valence-corrected chi connectivity index (χ4v) is 4.09. The van der Waals surface area contributed by atoms with Crippen LogP contribution in [0.5, 0.6) is 23.0 Å². The van der Waals surface area contributed by atoms with E-state index in [1.807, 2.05) is 24.3 Å². The Balaban J connectivity index is 1.92. The number of para-hydroxylation sites is 1. The highest BCUT2D eigenvalue weighted by Crippen LogP contribution is 2.40. The summed E-state index contributed by atoms with van der Waals surface area (Å²) < 4.78 is 23.6. The zero-order chi connectivity index (χ0) is 21.3. The van der Waals surface area contributed by atoms with E-state index in [1.54, 1.807) is 25.3 Å². The van der Waals surface area contributed by atoms with E-state index in [0.29, 0.717) is 43.9 Å². The van der Waals surface area contributed by atoms with Crippen LogP contribution in [0.2, 0.25) is 0 Å². The third kappa shape index (κ3) is 3.22. The van der Waals surface area contributed by atoms with E-state index in [9.17, 15) is 4.79 Å². The van der Waals surface area contributed by atoms with Crippen LogP contribution in [0.3, 0.4) is 0 Å². The standard InChI is InChI=1S/C21H19N3O5S/c1-26-14-8-6-5-7-12(14)11-17-20(25)24-19(22-23-21(24)30-17)13-9-15(27-2)18(29-4)16(10-13)28-3/h5-11H,1-4H3/b17-11+. The number of rotatable bonds is 6. The van der Waals surface area contributed by atoms with Gasteiger partial charge in [-0.25, -0.2) is 4.40 Å². The minimum atomic E-state index is -0.213. The Kier molecular flexibility index (Phi) is 5.28. The van der Waals surface area contributed by atoms with Gasteiger partial charge in [-0.3, -0.25) is 4.79 Å². The molecule has 4 aromatic rings. The molecule has 0 spiro atoms. The number of fused-ring (bicyclic) bond motifs is 1. The number of thiazole rings is 1. The molecule has 0 amide bonds. The third-order valence-corrected chi connectivity index (χ3v) is 5.56. The quantitative estimate of drug-likeness (QED) is 0.469. The molecule has 0 unspecified atom stereocenters. The second-order valence-electron chi connectivity index (χ2n) is 6.21. The molecular weight excluding hydrogens is 406 g/mol. The van der Waals surface area contributed by atoms with Crippen molar-refractivity contribution in [3.05, 3.63) is 56.8 Å². The van der Waals surface area contributed by atoms with Gasteiger partial charge in [0.25, 0.3) is 5.56 Å². The predicted molar refractivity (Wildman–Crippen MR) is 114 cm³/mol. The number of hydrogen-bond donors (Lipinski definition) is 0. The summed E-state index contributed by atoms with van der Waals surface area (Å²) in [7, 11) is 6.19. The molecule has 4 rings (SSSR count). The monoisotopic (exact) mass is 425 g/mol. The Morgan fingerprint density at radius 1 is 0.900 bits per heavy atom. The topological polar surface area (TPSA) is 84.2 Å². The molecule has 0 saturated carbocycles. The normalized spacial score (nSPS) is 11.7. The van der Waals surface area contributed by atoms with Crippen molar-refractivity contribution in [3.63, 3.8) is 0 Å². The predicted octanol–water partition coefficient (Wildman–Crippen LogP) is 2.40. The van der Waals surface area contributed by atoms with Crippen molar-refractivity contribution in [1.82, 2.24) is 14.6 Å². The summed E-state index contributed by atoms with van der Waals surface area (Å²) in [5.41, 5.74) is 1.22. The maximum Gasteiger partial charge on any atom is 0.276 e. The minimum Gasteiger partial charge on any atom is -0.496 e. The molecule has 0 saturated heterocycles. The first kappa shape index (κ1) is 19.7. The van der Waals surface area contributed by atoms with Gasteiger partial charge in [0.1, 0.15) is 5.75 Å². The second kappa shape index (κ2) is 8.03. The summed E-state index contributed by atoms with van der Waals surface area (Å²) in [4.78, 5) is 13.6. The largest absolute Gasteiger partial charge is 0.496 e. The number of aromatic nitrogens is 3. The Morgan fingerprint density at radius 2 is 1.57 bits per heavy atom. The number of hydrogen-bond acceptors (Lipinski definition) is 8. The van der Waals surface area contributed by atoms with Crippen LogP contribution < -0.4 is 29.0 Å². The lowest BCUT2D eigenvalue weighted by Gasteiger charge is -2.13. The molecule has 0 fully saturated rings. The van der Waals surface area contributed by atoms with Crippen molar-refractivity contribution in [2.24, 2.45) is 0 Å². The summed E-state index contributed by atoms with van der Waals surface area (Å²) in [6.45, 7) is 0. The average Bonchev–Trinajstić information content (AvgIpc) is 3.33. The van der Waals surface area contributed by atoms with Gasteiger partial charge in [-0.05, 0) is 24.3 Å². The molecule has 0 N–H and O–H groups in total. The minimum absolute atomic E-state index is 0.213. The van der Waals surface area contributed by atoms with E-state index in [2.05, 4.69) is 10.2 Å². The fraction of sp³-hybridized carbons (Fsp3) is 0.190. The molecule has 0 radical (unpaired) electrons. The van der Waals surface area contributed by atoms with Gasteiger partial charge >= 0.3 is 0 Å². The molecule has 30 heavy (non-hydrogen) atoms. The first-order chi connectivity index (χ1) is 14.6. The Labute approximate surface area is 175 Å². The van der Waals surface area contributed by atoms with Gasteiger partial charge in [0.05, 0.1) is 33.0 Å². The highest BCUT2D eigenvalue weighted by molar-refractivity contribution is 7.15. The van der Waals surface area contributed by atoms with E-state index < -0.39 is 0 Å². The van der Waals surface area contributed by atoms with Crippen LogP contribution in [-0.4, -0.2) is 43.0 Å². The van der Waals surface area contributed by atoms with Crippen molar-refractivity contribution < 1.29 is 18.9 Å². The highest BCUT2D eigenvalue weighted by Gasteiger charge is 2.19. The van der Waals surface area contributed by atoms with Crippen molar-refractivity contribution in [2.45, 2.75) is 0 Å². The molecule has 2 aromatic heterocycles. The molecule has 0 atom stereocenters. The molecule has 2 aromatic carbocycles. The van der Waals surface area contributed by atoms with Crippen LogP contribution in [0.25, 0.3) is 22.4 Å².